The number of nitrogens with one attached hydrogen (secondary N) is 1. The molecule has 10 nitrogen and oxygen atoms in total. The van der Waals surface area contributed by atoms with Crippen LogP contribution in [0.2, 0.25) is 0 Å². The van der Waals surface area contributed by atoms with Crippen molar-refractivity contribution in [3.63, 3.8) is 0 Å². The smallest absolute Gasteiger partial charge is 0.330 e. The van der Waals surface area contributed by atoms with Crippen molar-refractivity contribution in [3.05, 3.63) is 97.3 Å². The van der Waals surface area contributed by atoms with Gasteiger partial charge in [-0.05, 0) is 66.6 Å². The number of hydrogen-bond donors (Lipinski definition) is 2. The highest BCUT2D eigenvalue weighted by molar-refractivity contribution is 6.04. The molecule has 0 radical (unpaired) electrons. The molecule has 2 N–H and O–H groups in total. The maximum absolute atomic E-state index is 13.1. The van der Waals surface area contributed by atoms with Crippen LogP contribution in [0.15, 0.2) is 58.3 Å². The van der Waals surface area contributed by atoms with Crippen molar-refractivity contribution < 1.29 is 14.6 Å². The lowest BCUT2D eigenvalue weighted by Gasteiger charge is -2.40. The zero-order valence-corrected chi connectivity index (χ0v) is 25.0. The van der Waals surface area contributed by atoms with Gasteiger partial charge in [0.1, 0.15) is 5.56 Å². The number of aromatic nitrogens is 3. The number of aliphatic hydroxyl groups is 1. The fraction of sp³-hybridized carbons (Fsp3) is 0.333. The lowest BCUT2D eigenvalue weighted by Crippen LogP contribution is -2.51. The minimum Gasteiger partial charge on any atom is -0.481 e. The summed E-state index contributed by atoms with van der Waals surface area (Å²) in [5, 5.41) is 12.7. The first-order valence-corrected chi connectivity index (χ1v) is 14.4. The number of β-amino-alcohol motifs (C(OH)–C–C–N with tert-alkyl or cyclic N) is 1. The van der Waals surface area contributed by atoms with E-state index in [2.05, 4.69) is 29.3 Å². The van der Waals surface area contributed by atoms with Crippen LogP contribution in [0, 0.1) is 13.8 Å². The predicted molar refractivity (Wildman–Crippen MR) is 165 cm³/mol. The minimum atomic E-state index is -0.649. The second-order valence-electron chi connectivity index (χ2n) is 11.5. The first-order chi connectivity index (χ1) is 20.6. The lowest BCUT2D eigenvalue weighted by molar-refractivity contribution is -0.0256. The summed E-state index contributed by atoms with van der Waals surface area (Å²) in [6.45, 7) is 5.35. The Hall–Kier alpha value is -4.54. The molecule has 0 bridgehead atoms. The molecule has 0 spiro atoms. The van der Waals surface area contributed by atoms with E-state index >= 15 is 0 Å². The molecule has 2 aliphatic rings. The average molecular weight is 582 g/mol. The number of aryl methyl sites for hydroxylation is 2. The number of ether oxygens (including phenoxy) is 1. The van der Waals surface area contributed by atoms with Crippen molar-refractivity contribution in [1.29, 1.82) is 0 Å². The Balaban J connectivity index is 1.34. The van der Waals surface area contributed by atoms with Crippen molar-refractivity contribution in [1.82, 2.24) is 19.0 Å². The SMILES string of the molecule is COc1nc(-c2cccc(-c3cccc(NC(=O)c4cn(C)c(=O)n(C)c4=O)c3C)c2C)cc2c1[C@@H](N1CC(O)C1)CC2. The summed E-state index contributed by atoms with van der Waals surface area (Å²) < 4.78 is 7.94. The van der Waals surface area contributed by atoms with Crippen molar-refractivity contribution in [2.45, 2.75) is 38.8 Å². The highest BCUT2D eigenvalue weighted by atomic mass is 16.5. The number of likely N-dealkylation sites (tertiary alicyclic amines) is 1. The molecule has 3 heterocycles. The molecule has 0 saturated carbocycles. The number of rotatable bonds is 6. The Morgan fingerprint density at radius 1 is 1.02 bits per heavy atom. The second kappa shape index (κ2) is 10.9. The van der Waals surface area contributed by atoms with E-state index in [9.17, 15) is 19.5 Å². The maximum atomic E-state index is 13.1. The third kappa shape index (κ3) is 4.86. The summed E-state index contributed by atoms with van der Waals surface area (Å²) in [5.74, 6) is 0.0500. The van der Waals surface area contributed by atoms with Gasteiger partial charge < -0.3 is 19.7 Å². The Kier molecular flexibility index (Phi) is 7.27. The van der Waals surface area contributed by atoms with Gasteiger partial charge in [-0.2, -0.15) is 0 Å². The van der Waals surface area contributed by atoms with Gasteiger partial charge in [0.05, 0.1) is 18.9 Å². The number of aliphatic hydroxyl groups excluding tert-OH is 1. The number of nitrogens with zero attached hydrogens (tertiary/aromatic N) is 4. The number of methoxy groups -OCH3 is 1. The van der Waals surface area contributed by atoms with Crippen molar-refractivity contribution >= 4 is 11.6 Å². The molecule has 6 rings (SSSR count). The second-order valence-corrected chi connectivity index (χ2v) is 11.5. The summed E-state index contributed by atoms with van der Waals surface area (Å²) in [6, 6.07) is 14.1. The Morgan fingerprint density at radius 3 is 2.40 bits per heavy atom. The number of fused-ring (bicyclic) bond motifs is 1. The Labute approximate surface area is 249 Å². The minimum absolute atomic E-state index is 0.114. The third-order valence-electron chi connectivity index (χ3n) is 8.83. The van der Waals surface area contributed by atoms with E-state index in [1.165, 1.54) is 30.4 Å². The number of carbonyl (C=O) groups is 1. The van der Waals surface area contributed by atoms with Crippen LogP contribution in [0.1, 0.15) is 45.1 Å². The van der Waals surface area contributed by atoms with E-state index in [1.54, 1.807) is 13.2 Å². The van der Waals surface area contributed by atoms with Crippen LogP contribution in [0.4, 0.5) is 5.69 Å². The number of carbonyl (C=O) groups excluding carboxylic acids is 1. The molecule has 1 aliphatic heterocycles. The monoisotopic (exact) mass is 581 g/mol. The highest BCUT2D eigenvalue weighted by Crippen LogP contribution is 2.44. The fourth-order valence-electron chi connectivity index (χ4n) is 6.40. The number of amides is 1. The predicted octanol–water partition coefficient (Wildman–Crippen LogP) is 3.35. The topological polar surface area (TPSA) is 119 Å². The normalized spacial score (nSPS) is 16.6. The Bertz CT molecular complexity index is 1890. The van der Waals surface area contributed by atoms with Gasteiger partial charge in [0.15, 0.2) is 0 Å². The fourth-order valence-corrected chi connectivity index (χ4v) is 6.40. The van der Waals surface area contributed by atoms with Gasteiger partial charge in [-0.25, -0.2) is 9.78 Å². The van der Waals surface area contributed by atoms with Gasteiger partial charge >= 0.3 is 5.69 Å². The molecule has 43 heavy (non-hydrogen) atoms. The van der Waals surface area contributed by atoms with Crippen LogP contribution in [0.25, 0.3) is 22.4 Å². The van der Waals surface area contributed by atoms with Crippen LogP contribution in [0.5, 0.6) is 5.88 Å². The van der Waals surface area contributed by atoms with Gasteiger partial charge in [-0.1, -0.05) is 30.3 Å². The number of anilines is 1. The van der Waals surface area contributed by atoms with Crippen LogP contribution in [-0.4, -0.2) is 56.3 Å². The molecule has 222 valence electrons. The molecule has 2 aromatic carbocycles. The van der Waals surface area contributed by atoms with Crippen molar-refractivity contribution in [3.8, 4) is 28.3 Å². The van der Waals surface area contributed by atoms with Crippen molar-refractivity contribution in [2.24, 2.45) is 14.1 Å². The van der Waals surface area contributed by atoms with Crippen LogP contribution < -0.4 is 21.3 Å². The molecule has 1 amide bonds. The average Bonchev–Trinajstić information content (AvgIpc) is 3.40. The van der Waals surface area contributed by atoms with Crippen LogP contribution in [-0.2, 0) is 20.5 Å². The van der Waals surface area contributed by atoms with E-state index in [4.69, 9.17) is 9.72 Å². The summed E-state index contributed by atoms with van der Waals surface area (Å²) in [6.07, 6.45) is 2.91. The summed E-state index contributed by atoms with van der Waals surface area (Å²) in [4.78, 5) is 45.1. The van der Waals surface area contributed by atoms with Gasteiger partial charge in [-0.15, -0.1) is 0 Å². The van der Waals surface area contributed by atoms with E-state index in [0.717, 1.165) is 56.5 Å². The zero-order chi connectivity index (χ0) is 30.6. The van der Waals surface area contributed by atoms with Gasteiger partial charge in [0, 0.05) is 56.2 Å². The first kappa shape index (κ1) is 28.6. The number of pyridine rings is 1. The quantitative estimate of drug-likeness (QED) is 0.359. The number of hydrogen-bond acceptors (Lipinski definition) is 7. The summed E-state index contributed by atoms with van der Waals surface area (Å²) in [7, 11) is 4.51. The standard InChI is InChI=1S/C33H35N5O5/c1-18-22(23-9-7-11-26(19(23)2)34-30(40)25-17-36(3)33(42)37(4)32(25)41)8-6-10-24(18)27-14-20-12-13-28(38-15-21(39)16-38)29(20)31(35-27)43-5/h6-11,14,17,21,28,39H,12-13,15-16H2,1-5H3,(H,34,40)/t28-/m0/s1. The Morgan fingerprint density at radius 2 is 1.70 bits per heavy atom. The molecule has 0 unspecified atom stereocenters. The van der Waals surface area contributed by atoms with E-state index in [1.807, 2.05) is 31.2 Å². The molecule has 1 fully saturated rings. The largest absolute Gasteiger partial charge is 0.481 e. The summed E-state index contributed by atoms with van der Waals surface area (Å²) >= 11 is 0. The van der Waals surface area contributed by atoms with Gasteiger partial charge in [-0.3, -0.25) is 19.1 Å². The van der Waals surface area contributed by atoms with E-state index in [0.29, 0.717) is 24.7 Å². The van der Waals surface area contributed by atoms with Crippen molar-refractivity contribution in [2.75, 3.05) is 25.5 Å². The summed E-state index contributed by atoms with van der Waals surface area (Å²) in [5.41, 5.74) is 7.31. The lowest BCUT2D eigenvalue weighted by atomic mass is 9.91. The first-order valence-electron chi connectivity index (χ1n) is 14.4. The van der Waals surface area contributed by atoms with E-state index < -0.39 is 17.2 Å². The molecule has 1 atom stereocenters. The molecule has 1 saturated heterocycles. The van der Waals surface area contributed by atoms with Crippen LogP contribution in [0.3, 0.4) is 0 Å². The highest BCUT2D eigenvalue weighted by Gasteiger charge is 2.38. The van der Waals surface area contributed by atoms with Gasteiger partial charge in [0.25, 0.3) is 11.5 Å². The molecular formula is C33H35N5O5. The molecule has 4 aromatic rings. The third-order valence-corrected chi connectivity index (χ3v) is 8.83. The molecule has 2 aromatic heterocycles. The molecule has 10 heteroatoms. The zero-order valence-electron chi connectivity index (χ0n) is 25.0. The molecular weight excluding hydrogens is 546 g/mol. The number of benzene rings is 2. The van der Waals surface area contributed by atoms with E-state index in [-0.39, 0.29) is 17.7 Å². The van der Waals surface area contributed by atoms with Crippen LogP contribution >= 0.6 is 0 Å². The molecule has 1 aliphatic carbocycles. The maximum Gasteiger partial charge on any atom is 0.330 e. The van der Waals surface area contributed by atoms with Gasteiger partial charge in [0.2, 0.25) is 5.88 Å².